The van der Waals surface area contributed by atoms with Crippen LogP contribution in [0.25, 0.3) is 0 Å². The molecule has 124 valence electrons. The number of nitroso groups, excluding NO2 is 1. The van der Waals surface area contributed by atoms with Crippen LogP contribution in [0.5, 0.6) is 0 Å². The van der Waals surface area contributed by atoms with Crippen molar-refractivity contribution in [1.29, 1.82) is 0 Å². The molecule has 4 nitrogen and oxygen atoms in total. The van der Waals surface area contributed by atoms with Crippen LogP contribution >= 0.6 is 11.9 Å². The van der Waals surface area contributed by atoms with Gasteiger partial charge in [0.25, 0.3) is 0 Å². The third kappa shape index (κ3) is 2.98. The second-order valence-electron chi connectivity index (χ2n) is 5.94. The van der Waals surface area contributed by atoms with Crippen molar-refractivity contribution < 1.29 is 0 Å². The van der Waals surface area contributed by atoms with Gasteiger partial charge in [-0.3, -0.25) is 4.31 Å². The predicted octanol–water partition coefficient (Wildman–Crippen LogP) is 5.88. The van der Waals surface area contributed by atoms with Gasteiger partial charge in [0.2, 0.25) is 0 Å². The molecule has 1 heterocycles. The van der Waals surface area contributed by atoms with Crippen LogP contribution in [0, 0.1) is 4.91 Å². The molecule has 0 unspecified atom stereocenters. The van der Waals surface area contributed by atoms with E-state index in [0.717, 1.165) is 17.1 Å². The minimum Gasteiger partial charge on any atom is -0.368 e. The highest BCUT2D eigenvalue weighted by atomic mass is 32.2. The van der Waals surface area contributed by atoms with E-state index >= 15 is 0 Å². The van der Waals surface area contributed by atoms with Crippen molar-refractivity contribution in [3.05, 3.63) is 83.3 Å². The molecule has 3 aromatic carbocycles. The largest absolute Gasteiger partial charge is 0.368 e. The highest BCUT2D eigenvalue weighted by Gasteiger charge is 2.23. The summed E-state index contributed by atoms with van der Waals surface area (Å²) in [7, 11) is 2.12. The third-order valence-corrected chi connectivity index (χ3v) is 5.33. The van der Waals surface area contributed by atoms with Gasteiger partial charge in [-0.1, -0.05) is 30.3 Å². The number of fused-ring (bicyclic) bond motifs is 2. The highest BCUT2D eigenvalue weighted by molar-refractivity contribution is 8.01. The molecule has 0 N–H and O–H groups in total. The van der Waals surface area contributed by atoms with Crippen LogP contribution in [0.1, 0.15) is 5.56 Å². The minimum atomic E-state index is 0.445. The maximum absolute atomic E-state index is 10.6. The second kappa shape index (κ2) is 6.61. The lowest BCUT2D eigenvalue weighted by molar-refractivity contribution is 0.935. The zero-order valence-corrected chi connectivity index (χ0v) is 14.6. The van der Waals surface area contributed by atoms with Gasteiger partial charge in [0.05, 0.1) is 17.1 Å². The summed E-state index contributed by atoms with van der Waals surface area (Å²) in [5.41, 5.74) is 5.25. The predicted molar refractivity (Wildman–Crippen MR) is 105 cm³/mol. The average molecular weight is 347 g/mol. The van der Waals surface area contributed by atoms with Crippen molar-refractivity contribution in [3.8, 4) is 0 Å². The smallest absolute Gasteiger partial charge is 0.108 e. The number of para-hydroxylation sites is 3. The van der Waals surface area contributed by atoms with Gasteiger partial charge in [0.1, 0.15) is 5.69 Å². The van der Waals surface area contributed by atoms with Crippen LogP contribution in [0.4, 0.5) is 22.7 Å². The van der Waals surface area contributed by atoms with E-state index in [0.29, 0.717) is 5.69 Å². The van der Waals surface area contributed by atoms with E-state index in [-0.39, 0.29) is 0 Å². The van der Waals surface area contributed by atoms with Gasteiger partial charge in [-0.2, -0.15) is 0 Å². The van der Waals surface area contributed by atoms with Gasteiger partial charge in [-0.15, -0.1) is 4.91 Å². The number of anilines is 3. The van der Waals surface area contributed by atoms with E-state index in [2.05, 4.69) is 70.0 Å². The number of hydrogen-bond donors (Lipinski definition) is 0. The molecular weight excluding hydrogens is 330 g/mol. The number of rotatable bonds is 3. The first-order valence-electron chi connectivity index (χ1n) is 8.06. The van der Waals surface area contributed by atoms with Crippen LogP contribution < -0.4 is 9.21 Å². The molecule has 0 amide bonds. The number of nitrogens with zero attached hydrogens (tertiary/aromatic N) is 3. The molecule has 0 radical (unpaired) electrons. The summed E-state index contributed by atoms with van der Waals surface area (Å²) in [5.74, 6) is 0. The van der Waals surface area contributed by atoms with E-state index in [4.69, 9.17) is 0 Å². The fourth-order valence-corrected chi connectivity index (χ4v) is 4.04. The Kier molecular flexibility index (Phi) is 4.15. The third-order valence-electron chi connectivity index (χ3n) is 4.27. The monoisotopic (exact) mass is 347 g/mol. The van der Waals surface area contributed by atoms with Gasteiger partial charge in [-0.25, -0.2) is 0 Å². The highest BCUT2D eigenvalue weighted by Crippen LogP contribution is 2.45. The van der Waals surface area contributed by atoms with Gasteiger partial charge in [-0.05, 0) is 65.2 Å². The molecule has 0 aliphatic carbocycles. The Morgan fingerprint density at radius 1 is 0.840 bits per heavy atom. The van der Waals surface area contributed by atoms with Crippen molar-refractivity contribution >= 4 is 34.7 Å². The van der Waals surface area contributed by atoms with Crippen LogP contribution in [-0.4, -0.2) is 7.05 Å². The summed E-state index contributed by atoms with van der Waals surface area (Å²) in [6.45, 7) is 0.859. The lowest BCUT2D eigenvalue weighted by atomic mass is 10.2. The summed E-state index contributed by atoms with van der Waals surface area (Å²) in [5, 5.41) is 2.98. The number of benzene rings is 3. The van der Waals surface area contributed by atoms with Crippen molar-refractivity contribution in [2.24, 2.45) is 5.18 Å². The topological polar surface area (TPSA) is 35.9 Å². The van der Waals surface area contributed by atoms with Gasteiger partial charge in [0, 0.05) is 18.5 Å². The standard InChI is InChI=1S/C20H17N3OS/c1-22-14-15-6-2-3-7-18(15)23(20-9-5-4-8-19(20)22)25-17-12-10-16(21-24)11-13-17/h2-13H,14H2,1H3. The first-order chi connectivity index (χ1) is 12.3. The molecule has 3 aromatic rings. The van der Waals surface area contributed by atoms with Crippen molar-refractivity contribution in [2.75, 3.05) is 16.3 Å². The second-order valence-corrected chi connectivity index (χ2v) is 6.96. The molecule has 0 aromatic heterocycles. The Labute approximate surface area is 151 Å². The van der Waals surface area contributed by atoms with E-state index in [1.54, 1.807) is 24.1 Å². The summed E-state index contributed by atoms with van der Waals surface area (Å²) in [6.07, 6.45) is 0. The Morgan fingerprint density at radius 2 is 1.48 bits per heavy atom. The molecule has 0 saturated heterocycles. The average Bonchev–Trinajstić information content (AvgIpc) is 2.78. The molecule has 1 aliphatic rings. The first-order valence-corrected chi connectivity index (χ1v) is 8.83. The van der Waals surface area contributed by atoms with Gasteiger partial charge in [0.15, 0.2) is 0 Å². The van der Waals surface area contributed by atoms with E-state index in [1.165, 1.54) is 16.9 Å². The van der Waals surface area contributed by atoms with E-state index < -0.39 is 0 Å². The fraction of sp³-hybridized carbons (Fsp3) is 0.100. The lowest BCUT2D eigenvalue weighted by Crippen LogP contribution is -2.15. The molecule has 0 atom stereocenters. The summed E-state index contributed by atoms with van der Waals surface area (Å²) >= 11 is 1.65. The SMILES string of the molecule is CN1Cc2ccccc2N(Sc2ccc(N=O)cc2)c2ccccc21. The molecule has 1 aliphatic heterocycles. The Balaban J connectivity index is 1.81. The molecule has 4 rings (SSSR count). The minimum absolute atomic E-state index is 0.445. The number of hydrogen-bond acceptors (Lipinski definition) is 5. The van der Waals surface area contributed by atoms with E-state index in [1.807, 2.05) is 12.1 Å². The van der Waals surface area contributed by atoms with Crippen LogP contribution in [0.3, 0.4) is 0 Å². The fourth-order valence-electron chi connectivity index (χ4n) is 3.04. The Hall–Kier alpha value is -2.79. The van der Waals surface area contributed by atoms with Crippen molar-refractivity contribution in [1.82, 2.24) is 0 Å². The molecular formula is C20H17N3OS. The zero-order chi connectivity index (χ0) is 17.2. The lowest BCUT2D eigenvalue weighted by Gasteiger charge is -2.25. The van der Waals surface area contributed by atoms with Crippen molar-refractivity contribution in [3.63, 3.8) is 0 Å². The van der Waals surface area contributed by atoms with Gasteiger partial charge >= 0.3 is 0 Å². The van der Waals surface area contributed by atoms with E-state index in [9.17, 15) is 4.91 Å². The molecule has 0 fully saturated rings. The maximum Gasteiger partial charge on any atom is 0.108 e. The summed E-state index contributed by atoms with van der Waals surface area (Å²) in [4.78, 5) is 14.0. The summed E-state index contributed by atoms with van der Waals surface area (Å²) < 4.78 is 2.26. The van der Waals surface area contributed by atoms with Crippen molar-refractivity contribution in [2.45, 2.75) is 11.4 Å². The summed E-state index contributed by atoms with van der Waals surface area (Å²) in [6, 6.07) is 24.2. The van der Waals surface area contributed by atoms with Crippen LogP contribution in [-0.2, 0) is 6.54 Å². The normalized spacial score (nSPS) is 13.0. The van der Waals surface area contributed by atoms with Gasteiger partial charge < -0.3 is 4.90 Å². The maximum atomic E-state index is 10.6. The zero-order valence-electron chi connectivity index (χ0n) is 13.8. The molecule has 0 saturated carbocycles. The first kappa shape index (κ1) is 15.7. The molecule has 0 spiro atoms. The Bertz CT molecular complexity index is 911. The van der Waals surface area contributed by atoms with Crippen LogP contribution in [0.2, 0.25) is 0 Å². The van der Waals surface area contributed by atoms with Crippen LogP contribution in [0.15, 0.2) is 82.9 Å². The molecule has 5 heteroatoms. The molecule has 0 bridgehead atoms. The quantitative estimate of drug-likeness (QED) is 0.438. The molecule has 25 heavy (non-hydrogen) atoms. The Morgan fingerprint density at radius 3 is 2.20 bits per heavy atom.